The van der Waals surface area contributed by atoms with Crippen LogP contribution in [0.25, 0.3) is 0 Å². The van der Waals surface area contributed by atoms with Crippen molar-refractivity contribution >= 4 is 11.7 Å². The fraction of sp³-hybridized carbons (Fsp3) is 0.273. The summed E-state index contributed by atoms with van der Waals surface area (Å²) in [7, 11) is 0. The Balaban J connectivity index is 2.44. The van der Waals surface area contributed by atoms with Crippen molar-refractivity contribution in [3.8, 4) is 5.75 Å². The molecule has 1 aromatic rings. The van der Waals surface area contributed by atoms with Crippen LogP contribution in [-0.2, 0) is 4.79 Å². The minimum Gasteiger partial charge on any atom is -0.484 e. The van der Waals surface area contributed by atoms with Crippen molar-refractivity contribution in [1.82, 2.24) is 5.32 Å². The molecule has 0 fully saturated rings. The van der Waals surface area contributed by atoms with E-state index >= 15 is 0 Å². The Morgan fingerprint density at radius 2 is 2.05 bits per heavy atom. The minimum absolute atomic E-state index is 0.0544. The molecule has 0 radical (unpaired) electrons. The van der Waals surface area contributed by atoms with Gasteiger partial charge in [-0.05, 0) is 24.3 Å². The van der Waals surface area contributed by atoms with Crippen LogP contribution in [0.2, 0.25) is 0 Å². The zero-order chi connectivity index (χ0) is 14.3. The van der Waals surface area contributed by atoms with Crippen molar-refractivity contribution in [1.29, 1.82) is 0 Å². The summed E-state index contributed by atoms with van der Waals surface area (Å²) in [5, 5.41) is 13.3. The summed E-state index contributed by atoms with van der Waals surface area (Å²) in [6.07, 6.45) is -2.59. The van der Waals surface area contributed by atoms with Crippen LogP contribution in [0.1, 0.15) is 5.56 Å². The van der Waals surface area contributed by atoms with Gasteiger partial charge in [-0.3, -0.25) is 4.79 Å². The Kier molecular flexibility index (Phi) is 5.52. The lowest BCUT2D eigenvalue weighted by atomic mass is 10.2. The number of nitrogens with zero attached hydrogens (tertiary/aromatic N) is 1. The van der Waals surface area contributed by atoms with Gasteiger partial charge in [0, 0.05) is 5.56 Å². The minimum atomic E-state index is -2.59. The van der Waals surface area contributed by atoms with Gasteiger partial charge in [0.2, 0.25) is 0 Å². The molecular weight excluding hydrogens is 260 g/mol. The molecule has 104 valence electrons. The van der Waals surface area contributed by atoms with Gasteiger partial charge in [-0.15, -0.1) is 0 Å². The number of rotatable bonds is 6. The fourth-order valence-corrected chi connectivity index (χ4v) is 1.17. The number of amidine groups is 1. The average Bonchev–Trinajstić information content (AvgIpc) is 2.42. The lowest BCUT2D eigenvalue weighted by Gasteiger charge is -2.07. The van der Waals surface area contributed by atoms with Crippen LogP contribution in [0.15, 0.2) is 29.4 Å². The van der Waals surface area contributed by atoms with Gasteiger partial charge in [0.15, 0.2) is 12.4 Å². The molecule has 0 aliphatic carbocycles. The highest BCUT2D eigenvalue weighted by atomic mass is 19.3. The van der Waals surface area contributed by atoms with Crippen molar-refractivity contribution in [2.75, 3.05) is 13.2 Å². The molecule has 19 heavy (non-hydrogen) atoms. The third kappa shape index (κ3) is 5.19. The van der Waals surface area contributed by atoms with Crippen LogP contribution in [0.3, 0.4) is 0 Å². The number of carbonyl (C=O) groups is 1. The summed E-state index contributed by atoms with van der Waals surface area (Å²) in [5.74, 6) is -0.330. The monoisotopic (exact) mass is 273 g/mol. The number of hydrogen-bond donors (Lipinski definition) is 3. The third-order valence-corrected chi connectivity index (χ3v) is 2.08. The molecule has 0 aromatic heterocycles. The topological polar surface area (TPSA) is 96.9 Å². The van der Waals surface area contributed by atoms with E-state index in [1.807, 2.05) is 5.32 Å². The molecule has 0 saturated heterocycles. The van der Waals surface area contributed by atoms with Crippen LogP contribution in [0.5, 0.6) is 5.75 Å². The van der Waals surface area contributed by atoms with E-state index in [2.05, 4.69) is 5.16 Å². The van der Waals surface area contributed by atoms with Crippen molar-refractivity contribution in [3.63, 3.8) is 0 Å². The maximum Gasteiger partial charge on any atom is 0.258 e. The number of alkyl halides is 2. The molecule has 0 saturated carbocycles. The Bertz CT molecular complexity index is 449. The predicted octanol–water partition coefficient (Wildman–Crippen LogP) is 0.541. The zero-order valence-corrected chi connectivity index (χ0v) is 9.85. The summed E-state index contributed by atoms with van der Waals surface area (Å²) >= 11 is 0. The molecule has 6 nitrogen and oxygen atoms in total. The quantitative estimate of drug-likeness (QED) is 0.305. The molecule has 0 atom stereocenters. The molecule has 4 N–H and O–H groups in total. The van der Waals surface area contributed by atoms with Crippen molar-refractivity contribution in [2.24, 2.45) is 10.9 Å². The molecule has 1 aromatic carbocycles. The number of hydrogen-bond acceptors (Lipinski definition) is 4. The number of benzene rings is 1. The Morgan fingerprint density at radius 1 is 1.42 bits per heavy atom. The van der Waals surface area contributed by atoms with E-state index in [0.29, 0.717) is 11.3 Å². The second kappa shape index (κ2) is 7.14. The average molecular weight is 273 g/mol. The van der Waals surface area contributed by atoms with E-state index in [0.717, 1.165) is 0 Å². The summed E-state index contributed by atoms with van der Waals surface area (Å²) in [6.45, 7) is -1.07. The second-order valence-electron chi connectivity index (χ2n) is 3.49. The van der Waals surface area contributed by atoms with Gasteiger partial charge in [0.05, 0.1) is 6.54 Å². The Hall–Kier alpha value is -2.38. The van der Waals surface area contributed by atoms with Crippen molar-refractivity contribution in [2.45, 2.75) is 6.43 Å². The fourth-order valence-electron chi connectivity index (χ4n) is 1.17. The SMILES string of the molecule is N/C(=N/O)c1ccc(OCC(=O)NCC(F)F)cc1. The van der Waals surface area contributed by atoms with Crippen LogP contribution < -0.4 is 15.8 Å². The molecule has 0 bridgehead atoms. The van der Waals surface area contributed by atoms with Gasteiger partial charge in [0.25, 0.3) is 12.3 Å². The van der Waals surface area contributed by atoms with Gasteiger partial charge in [-0.2, -0.15) is 0 Å². The number of nitrogens with one attached hydrogen (secondary N) is 1. The smallest absolute Gasteiger partial charge is 0.258 e. The van der Waals surface area contributed by atoms with Gasteiger partial charge < -0.3 is 21.0 Å². The van der Waals surface area contributed by atoms with Crippen LogP contribution >= 0.6 is 0 Å². The van der Waals surface area contributed by atoms with Crippen molar-refractivity contribution in [3.05, 3.63) is 29.8 Å². The number of ether oxygens (including phenoxy) is 1. The Morgan fingerprint density at radius 3 is 2.58 bits per heavy atom. The molecule has 0 aliphatic rings. The second-order valence-corrected chi connectivity index (χ2v) is 3.49. The van der Waals surface area contributed by atoms with E-state index < -0.39 is 18.9 Å². The predicted molar refractivity (Wildman–Crippen MR) is 63.5 cm³/mol. The van der Waals surface area contributed by atoms with Crippen LogP contribution in [-0.4, -0.2) is 36.5 Å². The van der Waals surface area contributed by atoms with Crippen LogP contribution in [0.4, 0.5) is 8.78 Å². The largest absolute Gasteiger partial charge is 0.484 e. The number of halogens is 2. The summed E-state index contributed by atoms with van der Waals surface area (Å²) in [5.41, 5.74) is 5.84. The normalized spacial score (nSPS) is 11.4. The van der Waals surface area contributed by atoms with Gasteiger partial charge in [-0.25, -0.2) is 8.78 Å². The first kappa shape index (κ1) is 14.7. The summed E-state index contributed by atoms with van der Waals surface area (Å²) in [6, 6.07) is 6.07. The molecule has 0 unspecified atom stereocenters. The number of oxime groups is 1. The molecule has 1 amide bonds. The highest BCUT2D eigenvalue weighted by Gasteiger charge is 2.07. The Labute approximate surface area is 107 Å². The molecule has 1 rings (SSSR count). The standard InChI is InChI=1S/C11H13F2N3O3/c12-9(13)5-15-10(17)6-19-8-3-1-7(2-4-8)11(14)16-18/h1-4,9,18H,5-6H2,(H2,14,16)(H,15,17). The molecule has 0 aliphatic heterocycles. The van der Waals surface area contributed by atoms with Crippen LogP contribution in [0, 0.1) is 0 Å². The van der Waals surface area contributed by atoms with Gasteiger partial charge in [-0.1, -0.05) is 5.16 Å². The molecule has 8 heteroatoms. The highest BCUT2D eigenvalue weighted by Crippen LogP contribution is 2.11. The van der Waals surface area contributed by atoms with E-state index in [9.17, 15) is 13.6 Å². The molecule has 0 heterocycles. The third-order valence-electron chi connectivity index (χ3n) is 2.08. The first-order valence-electron chi connectivity index (χ1n) is 5.28. The van der Waals surface area contributed by atoms with Gasteiger partial charge in [0.1, 0.15) is 5.75 Å². The van der Waals surface area contributed by atoms with E-state index in [1.54, 1.807) is 0 Å². The van der Waals surface area contributed by atoms with E-state index in [-0.39, 0.29) is 12.4 Å². The maximum atomic E-state index is 11.8. The first-order valence-corrected chi connectivity index (χ1v) is 5.28. The molecular formula is C11H13F2N3O3. The number of nitrogens with two attached hydrogens (primary N) is 1. The zero-order valence-electron chi connectivity index (χ0n) is 9.85. The first-order chi connectivity index (χ1) is 9.02. The lowest BCUT2D eigenvalue weighted by Crippen LogP contribution is -2.32. The van der Waals surface area contributed by atoms with Crippen molar-refractivity contribution < 1.29 is 23.5 Å². The summed E-state index contributed by atoms with van der Waals surface area (Å²) in [4.78, 5) is 11.1. The van der Waals surface area contributed by atoms with E-state index in [4.69, 9.17) is 15.7 Å². The molecule has 0 spiro atoms. The van der Waals surface area contributed by atoms with E-state index in [1.165, 1.54) is 24.3 Å². The highest BCUT2D eigenvalue weighted by molar-refractivity contribution is 5.97. The summed E-state index contributed by atoms with van der Waals surface area (Å²) < 4.78 is 28.7. The maximum absolute atomic E-state index is 11.8. The lowest BCUT2D eigenvalue weighted by molar-refractivity contribution is -0.123. The number of amides is 1. The number of carbonyl (C=O) groups excluding carboxylic acids is 1. The van der Waals surface area contributed by atoms with Gasteiger partial charge >= 0.3 is 0 Å².